The summed E-state index contributed by atoms with van der Waals surface area (Å²) in [5, 5.41) is 12.4. The number of hydrogen-bond donors (Lipinski definition) is 2. The van der Waals surface area contributed by atoms with E-state index in [-0.39, 0.29) is 11.9 Å². The number of nitrogens with one attached hydrogen (secondary N) is 1. The van der Waals surface area contributed by atoms with Crippen LogP contribution >= 0.6 is 23.2 Å². The Bertz CT molecular complexity index is 533. The molecule has 0 radical (unpaired) electrons. The van der Waals surface area contributed by atoms with Gasteiger partial charge >= 0.3 is 5.97 Å². The van der Waals surface area contributed by atoms with Crippen molar-refractivity contribution in [1.82, 2.24) is 5.32 Å². The molecule has 0 heterocycles. The molecular formula is C13H13Cl2NO3. The van der Waals surface area contributed by atoms with Crippen molar-refractivity contribution in [1.29, 1.82) is 0 Å². The Balaban J connectivity index is 1.97. The van der Waals surface area contributed by atoms with Gasteiger partial charge in [0.25, 0.3) is 0 Å². The molecule has 2 rings (SSSR count). The van der Waals surface area contributed by atoms with Crippen molar-refractivity contribution in [3.05, 3.63) is 33.8 Å². The minimum atomic E-state index is -0.914. The van der Waals surface area contributed by atoms with E-state index >= 15 is 0 Å². The lowest BCUT2D eigenvalue weighted by molar-refractivity contribution is -0.140. The zero-order chi connectivity index (χ0) is 14.2. The first-order chi connectivity index (χ1) is 8.90. The number of carbonyl (C=O) groups excluding carboxylic acids is 1. The normalized spacial score (nSPS) is 22.7. The molecule has 1 saturated carbocycles. The van der Waals surface area contributed by atoms with Gasteiger partial charge in [-0.1, -0.05) is 29.3 Å². The summed E-state index contributed by atoms with van der Waals surface area (Å²) in [4.78, 5) is 22.5. The Morgan fingerprint density at radius 3 is 2.53 bits per heavy atom. The summed E-state index contributed by atoms with van der Waals surface area (Å²) in [6, 6.07) is 4.90. The minimum absolute atomic E-state index is 0.231. The van der Waals surface area contributed by atoms with Gasteiger partial charge in [-0.3, -0.25) is 9.59 Å². The Morgan fingerprint density at radius 2 is 2.00 bits per heavy atom. The molecule has 3 atom stereocenters. The number of carboxylic acid groups (broad SMARTS) is 1. The maximum Gasteiger partial charge on any atom is 0.307 e. The fourth-order valence-electron chi connectivity index (χ4n) is 1.94. The van der Waals surface area contributed by atoms with E-state index in [2.05, 4.69) is 5.32 Å². The molecule has 0 bridgehead atoms. The second kappa shape index (κ2) is 5.39. The molecule has 4 nitrogen and oxygen atoms in total. The van der Waals surface area contributed by atoms with Gasteiger partial charge in [0.05, 0.1) is 27.9 Å². The standard InChI is InChI=1S/C13H13Cl2NO3/c1-6(7-2-3-10(14)11(15)4-7)16-12(17)8-5-9(8)13(18)19/h2-4,6,8-9H,5H2,1H3,(H,16,17)(H,18,19). The van der Waals surface area contributed by atoms with Gasteiger partial charge in [0.2, 0.25) is 5.91 Å². The smallest absolute Gasteiger partial charge is 0.307 e. The summed E-state index contributed by atoms with van der Waals surface area (Å²) < 4.78 is 0. The maximum absolute atomic E-state index is 11.8. The van der Waals surface area contributed by atoms with E-state index in [9.17, 15) is 9.59 Å². The third kappa shape index (κ3) is 3.19. The number of carbonyl (C=O) groups is 2. The van der Waals surface area contributed by atoms with Crippen LogP contribution in [0.4, 0.5) is 0 Å². The first-order valence-corrected chi connectivity index (χ1v) is 6.64. The van der Waals surface area contributed by atoms with Crippen molar-refractivity contribution in [2.45, 2.75) is 19.4 Å². The number of benzene rings is 1. The monoisotopic (exact) mass is 301 g/mol. The Labute approximate surface area is 120 Å². The van der Waals surface area contributed by atoms with Crippen LogP contribution in [0.2, 0.25) is 10.0 Å². The van der Waals surface area contributed by atoms with Crippen LogP contribution < -0.4 is 5.32 Å². The first kappa shape index (κ1) is 14.2. The number of rotatable bonds is 4. The van der Waals surface area contributed by atoms with Gasteiger partial charge in [-0.15, -0.1) is 0 Å². The molecule has 19 heavy (non-hydrogen) atoms. The van der Waals surface area contributed by atoms with Gasteiger partial charge in [-0.25, -0.2) is 0 Å². The number of hydrogen-bond acceptors (Lipinski definition) is 2. The zero-order valence-electron chi connectivity index (χ0n) is 10.2. The summed E-state index contributed by atoms with van der Waals surface area (Å²) in [6.07, 6.45) is 0.412. The lowest BCUT2D eigenvalue weighted by Crippen LogP contribution is -2.29. The summed E-state index contributed by atoms with van der Waals surface area (Å²) in [6.45, 7) is 1.82. The molecule has 0 spiro atoms. The summed E-state index contributed by atoms with van der Waals surface area (Å²) >= 11 is 11.7. The average molecular weight is 302 g/mol. The predicted octanol–water partition coefficient (Wildman–Crippen LogP) is 2.89. The Hall–Kier alpha value is -1.26. The molecule has 1 aliphatic rings. The molecule has 2 N–H and O–H groups in total. The van der Waals surface area contributed by atoms with E-state index in [4.69, 9.17) is 28.3 Å². The van der Waals surface area contributed by atoms with Crippen LogP contribution in [0.15, 0.2) is 18.2 Å². The summed E-state index contributed by atoms with van der Waals surface area (Å²) in [5.74, 6) is -2.10. The van der Waals surface area contributed by atoms with Crippen molar-refractivity contribution in [3.63, 3.8) is 0 Å². The van der Waals surface area contributed by atoms with Crippen LogP contribution in [0.5, 0.6) is 0 Å². The van der Waals surface area contributed by atoms with Crippen molar-refractivity contribution in [2.24, 2.45) is 11.8 Å². The lowest BCUT2D eigenvalue weighted by atomic mass is 10.1. The van der Waals surface area contributed by atoms with Crippen molar-refractivity contribution in [3.8, 4) is 0 Å². The van der Waals surface area contributed by atoms with E-state index in [1.807, 2.05) is 6.92 Å². The minimum Gasteiger partial charge on any atom is -0.481 e. The Kier molecular flexibility index (Phi) is 4.02. The largest absolute Gasteiger partial charge is 0.481 e. The molecular weight excluding hydrogens is 289 g/mol. The van der Waals surface area contributed by atoms with Gasteiger partial charge < -0.3 is 10.4 Å². The SMILES string of the molecule is CC(NC(=O)C1CC1C(=O)O)c1ccc(Cl)c(Cl)c1. The summed E-state index contributed by atoms with van der Waals surface area (Å²) in [5.41, 5.74) is 0.829. The van der Waals surface area contributed by atoms with E-state index in [0.29, 0.717) is 16.5 Å². The second-order valence-electron chi connectivity index (χ2n) is 4.69. The van der Waals surface area contributed by atoms with Gasteiger partial charge in [-0.2, -0.15) is 0 Å². The van der Waals surface area contributed by atoms with Gasteiger partial charge in [0, 0.05) is 0 Å². The molecule has 1 amide bonds. The van der Waals surface area contributed by atoms with Crippen LogP contribution in [0, 0.1) is 11.8 Å². The zero-order valence-corrected chi connectivity index (χ0v) is 11.7. The molecule has 6 heteroatoms. The first-order valence-electron chi connectivity index (χ1n) is 5.88. The van der Waals surface area contributed by atoms with E-state index in [1.165, 1.54) is 0 Å². The van der Waals surface area contributed by atoms with Gasteiger partial charge in [0.1, 0.15) is 0 Å². The van der Waals surface area contributed by atoms with Gasteiger partial charge in [0.15, 0.2) is 0 Å². The number of aliphatic carboxylic acids is 1. The highest BCUT2D eigenvalue weighted by molar-refractivity contribution is 6.42. The molecule has 102 valence electrons. The highest BCUT2D eigenvalue weighted by Crippen LogP contribution is 2.39. The lowest BCUT2D eigenvalue weighted by Gasteiger charge is -2.15. The average Bonchev–Trinajstić information content (AvgIpc) is 3.12. The van der Waals surface area contributed by atoms with Crippen molar-refractivity contribution < 1.29 is 14.7 Å². The van der Waals surface area contributed by atoms with Gasteiger partial charge in [-0.05, 0) is 31.0 Å². The van der Waals surface area contributed by atoms with Crippen LogP contribution in [-0.2, 0) is 9.59 Å². The molecule has 1 fully saturated rings. The molecule has 0 aliphatic heterocycles. The molecule has 0 aromatic heterocycles. The molecule has 1 aromatic carbocycles. The quantitative estimate of drug-likeness (QED) is 0.898. The highest BCUT2D eigenvalue weighted by atomic mass is 35.5. The number of carboxylic acids is 1. The topological polar surface area (TPSA) is 66.4 Å². The maximum atomic E-state index is 11.8. The van der Waals surface area contributed by atoms with E-state index < -0.39 is 17.8 Å². The van der Waals surface area contributed by atoms with Crippen LogP contribution in [-0.4, -0.2) is 17.0 Å². The third-order valence-electron chi connectivity index (χ3n) is 3.25. The molecule has 1 aliphatic carbocycles. The van der Waals surface area contributed by atoms with Crippen molar-refractivity contribution >= 4 is 35.1 Å². The summed E-state index contributed by atoms with van der Waals surface area (Å²) in [7, 11) is 0. The number of halogens is 2. The van der Waals surface area contributed by atoms with E-state index in [0.717, 1.165) is 5.56 Å². The second-order valence-corrected chi connectivity index (χ2v) is 5.51. The fourth-order valence-corrected chi connectivity index (χ4v) is 2.25. The highest BCUT2D eigenvalue weighted by Gasteiger charge is 2.48. The third-order valence-corrected chi connectivity index (χ3v) is 3.99. The van der Waals surface area contributed by atoms with E-state index in [1.54, 1.807) is 18.2 Å². The van der Waals surface area contributed by atoms with Crippen molar-refractivity contribution in [2.75, 3.05) is 0 Å². The van der Waals surface area contributed by atoms with Crippen LogP contribution in [0.25, 0.3) is 0 Å². The van der Waals surface area contributed by atoms with Crippen LogP contribution in [0.3, 0.4) is 0 Å². The molecule has 3 unspecified atom stereocenters. The molecule has 1 aromatic rings. The number of amides is 1. The molecule has 0 saturated heterocycles. The van der Waals surface area contributed by atoms with Crippen LogP contribution in [0.1, 0.15) is 24.9 Å². The fraction of sp³-hybridized carbons (Fsp3) is 0.385. The predicted molar refractivity (Wildman–Crippen MR) is 72.3 cm³/mol. The Morgan fingerprint density at radius 1 is 1.32 bits per heavy atom.